The number of carbonyl (C=O) groups excluding carboxylic acids is 2. The fraction of sp³-hybridized carbons (Fsp3) is 0.696. The average molecular weight is 395 g/mol. The minimum atomic E-state index is -0.481. The number of terminal acetylenes is 1. The summed E-state index contributed by atoms with van der Waals surface area (Å²) in [5.74, 6) is 3.79. The molecule has 1 saturated heterocycles. The summed E-state index contributed by atoms with van der Waals surface area (Å²) in [6.07, 6.45) is 13.4. The molecular formula is C23H30N4O2. The van der Waals surface area contributed by atoms with E-state index in [9.17, 15) is 9.59 Å². The molecule has 154 valence electrons. The quantitative estimate of drug-likeness (QED) is 0.738. The van der Waals surface area contributed by atoms with Crippen molar-refractivity contribution in [1.29, 1.82) is 0 Å². The number of fused-ring (bicyclic) bond motifs is 2. The van der Waals surface area contributed by atoms with E-state index in [1.165, 1.54) is 5.69 Å². The highest BCUT2D eigenvalue weighted by molar-refractivity contribution is 5.86. The van der Waals surface area contributed by atoms with Gasteiger partial charge < -0.3 is 14.4 Å². The van der Waals surface area contributed by atoms with Crippen molar-refractivity contribution in [2.75, 3.05) is 19.6 Å². The van der Waals surface area contributed by atoms with Crippen LogP contribution in [-0.2, 0) is 28.6 Å². The summed E-state index contributed by atoms with van der Waals surface area (Å²) >= 11 is 0. The lowest BCUT2D eigenvalue weighted by Gasteiger charge is -2.45. The second-order valence-corrected chi connectivity index (χ2v) is 9.73. The van der Waals surface area contributed by atoms with Crippen LogP contribution in [0.1, 0.15) is 56.8 Å². The van der Waals surface area contributed by atoms with Crippen LogP contribution in [0.5, 0.6) is 0 Å². The highest BCUT2D eigenvalue weighted by atomic mass is 16.2. The zero-order valence-electron chi connectivity index (χ0n) is 17.5. The Morgan fingerprint density at radius 3 is 2.69 bits per heavy atom. The number of aryl methyl sites for hydroxylation is 1. The molecule has 2 aliphatic heterocycles. The van der Waals surface area contributed by atoms with Gasteiger partial charge in [-0.05, 0) is 31.6 Å². The van der Waals surface area contributed by atoms with E-state index in [1.807, 2.05) is 18.3 Å². The average Bonchev–Trinajstić information content (AvgIpc) is 3.07. The molecule has 2 aliphatic carbocycles. The molecule has 2 saturated carbocycles. The number of aromatic nitrogens is 2. The van der Waals surface area contributed by atoms with Crippen LogP contribution < -0.4 is 0 Å². The Labute approximate surface area is 172 Å². The van der Waals surface area contributed by atoms with E-state index in [0.29, 0.717) is 32.0 Å². The van der Waals surface area contributed by atoms with Crippen molar-refractivity contribution in [1.82, 2.24) is 19.4 Å². The first kappa shape index (κ1) is 18.7. The molecule has 1 unspecified atom stereocenters. The van der Waals surface area contributed by atoms with E-state index in [2.05, 4.69) is 22.3 Å². The van der Waals surface area contributed by atoms with E-state index in [1.54, 1.807) is 0 Å². The fourth-order valence-corrected chi connectivity index (χ4v) is 5.87. The highest BCUT2D eigenvalue weighted by Gasteiger charge is 2.57. The predicted molar refractivity (Wildman–Crippen MR) is 109 cm³/mol. The summed E-state index contributed by atoms with van der Waals surface area (Å²) in [7, 11) is 2.02. The molecule has 3 fully saturated rings. The van der Waals surface area contributed by atoms with Gasteiger partial charge in [-0.25, -0.2) is 4.98 Å². The van der Waals surface area contributed by atoms with Crippen molar-refractivity contribution >= 4 is 11.8 Å². The maximum Gasteiger partial charge on any atom is 0.229 e. The molecule has 0 radical (unpaired) electrons. The molecule has 5 rings (SSSR count). The van der Waals surface area contributed by atoms with Crippen LogP contribution in [0.4, 0.5) is 0 Å². The van der Waals surface area contributed by atoms with E-state index < -0.39 is 5.54 Å². The van der Waals surface area contributed by atoms with Gasteiger partial charge in [-0.15, -0.1) is 12.3 Å². The molecule has 3 atom stereocenters. The van der Waals surface area contributed by atoms with E-state index in [-0.39, 0.29) is 23.1 Å². The van der Waals surface area contributed by atoms with Gasteiger partial charge in [-0.1, -0.05) is 13.3 Å². The molecule has 2 amide bonds. The van der Waals surface area contributed by atoms with E-state index in [4.69, 9.17) is 11.4 Å². The second kappa shape index (κ2) is 6.35. The number of amides is 2. The van der Waals surface area contributed by atoms with Crippen LogP contribution in [0, 0.1) is 29.6 Å². The van der Waals surface area contributed by atoms with Crippen molar-refractivity contribution < 1.29 is 9.59 Å². The number of imidazole rings is 1. The van der Waals surface area contributed by atoms with Crippen LogP contribution in [0.15, 0.2) is 6.33 Å². The number of nitrogens with zero attached hydrogens (tertiary/aromatic N) is 4. The van der Waals surface area contributed by atoms with Gasteiger partial charge in [0.1, 0.15) is 5.54 Å². The number of carbonyl (C=O) groups is 2. The lowest BCUT2D eigenvalue weighted by atomic mass is 9.66. The molecule has 1 spiro atoms. The Morgan fingerprint density at radius 1 is 1.31 bits per heavy atom. The summed E-state index contributed by atoms with van der Waals surface area (Å²) in [5.41, 5.74) is 1.35. The molecule has 4 aliphatic rings. The van der Waals surface area contributed by atoms with Crippen molar-refractivity contribution in [2.45, 2.75) is 57.4 Å². The Balaban J connectivity index is 1.48. The first-order valence-corrected chi connectivity index (χ1v) is 11.0. The number of hydrogen-bond acceptors (Lipinski definition) is 3. The van der Waals surface area contributed by atoms with Gasteiger partial charge in [-0.3, -0.25) is 9.59 Å². The Bertz CT molecular complexity index is 908. The summed E-state index contributed by atoms with van der Waals surface area (Å²) in [4.78, 5) is 35.6. The normalized spacial score (nSPS) is 31.9. The SMILES string of the molecule is C#CCC1(C(=O)N2CCC3(C2)c2ncn(C)c2CCN3C(=O)[C@H]2C[C@@H]2C)CCC1. The molecule has 29 heavy (non-hydrogen) atoms. The van der Waals surface area contributed by atoms with Crippen molar-refractivity contribution in [3.63, 3.8) is 0 Å². The molecule has 1 aromatic rings. The van der Waals surface area contributed by atoms with Crippen molar-refractivity contribution in [3.8, 4) is 12.3 Å². The molecule has 0 bridgehead atoms. The minimum Gasteiger partial charge on any atom is -0.339 e. The molecule has 0 aromatic carbocycles. The third kappa shape index (κ3) is 2.59. The standard InChI is InChI=1S/C23H30N4O2/c1-4-7-22(8-5-9-22)21(29)26-12-10-23(14-26)19-18(25(3)15-24-19)6-11-27(23)20(28)17-13-16(17)2/h1,15-17H,5-14H2,2-3H3/t16-,17-,23?/m0/s1. The highest BCUT2D eigenvalue weighted by Crippen LogP contribution is 2.50. The molecular weight excluding hydrogens is 364 g/mol. The monoisotopic (exact) mass is 394 g/mol. The maximum atomic E-state index is 13.5. The number of rotatable bonds is 3. The Morgan fingerprint density at radius 2 is 2.07 bits per heavy atom. The molecule has 0 N–H and O–H groups in total. The van der Waals surface area contributed by atoms with Crippen LogP contribution >= 0.6 is 0 Å². The minimum absolute atomic E-state index is 0.140. The largest absolute Gasteiger partial charge is 0.339 e. The van der Waals surface area contributed by atoms with Gasteiger partial charge in [0, 0.05) is 51.1 Å². The second-order valence-electron chi connectivity index (χ2n) is 9.73. The Kier molecular flexibility index (Phi) is 4.10. The van der Waals surface area contributed by atoms with Crippen LogP contribution in [0.2, 0.25) is 0 Å². The first-order chi connectivity index (χ1) is 13.9. The third-order valence-corrected chi connectivity index (χ3v) is 8.02. The number of hydrogen-bond donors (Lipinski definition) is 0. The summed E-state index contributed by atoms with van der Waals surface area (Å²) < 4.78 is 2.08. The maximum absolute atomic E-state index is 13.5. The third-order valence-electron chi connectivity index (χ3n) is 8.02. The molecule has 6 nitrogen and oxygen atoms in total. The van der Waals surface area contributed by atoms with Crippen LogP contribution in [-0.4, -0.2) is 50.8 Å². The van der Waals surface area contributed by atoms with Gasteiger partial charge in [0.15, 0.2) is 0 Å². The van der Waals surface area contributed by atoms with E-state index >= 15 is 0 Å². The molecule has 6 heteroatoms. The lowest BCUT2D eigenvalue weighted by molar-refractivity contribution is -0.148. The topological polar surface area (TPSA) is 58.4 Å². The summed E-state index contributed by atoms with van der Waals surface area (Å²) in [6, 6.07) is 0. The van der Waals surface area contributed by atoms with Gasteiger partial charge >= 0.3 is 0 Å². The zero-order chi connectivity index (χ0) is 20.4. The van der Waals surface area contributed by atoms with Gasteiger partial charge in [0.05, 0.1) is 17.4 Å². The number of likely N-dealkylation sites (tertiary alicyclic amines) is 1. The van der Waals surface area contributed by atoms with Crippen molar-refractivity contribution in [2.24, 2.45) is 24.3 Å². The van der Waals surface area contributed by atoms with Crippen molar-refractivity contribution in [3.05, 3.63) is 17.7 Å². The summed E-state index contributed by atoms with van der Waals surface area (Å²) in [5, 5.41) is 0. The predicted octanol–water partition coefficient (Wildman–Crippen LogP) is 2.08. The molecule has 1 aromatic heterocycles. The van der Waals surface area contributed by atoms with Crippen LogP contribution in [0.3, 0.4) is 0 Å². The first-order valence-electron chi connectivity index (χ1n) is 11.0. The summed E-state index contributed by atoms with van der Waals surface area (Å²) in [6.45, 7) is 4.09. The van der Waals surface area contributed by atoms with Gasteiger partial charge in [0.25, 0.3) is 0 Å². The zero-order valence-corrected chi connectivity index (χ0v) is 17.5. The Hall–Kier alpha value is -2.29. The van der Waals surface area contributed by atoms with Gasteiger partial charge in [-0.2, -0.15) is 0 Å². The fourth-order valence-electron chi connectivity index (χ4n) is 5.87. The smallest absolute Gasteiger partial charge is 0.229 e. The van der Waals surface area contributed by atoms with Crippen LogP contribution in [0.25, 0.3) is 0 Å². The lowest BCUT2D eigenvalue weighted by Crippen LogP contribution is -2.57. The van der Waals surface area contributed by atoms with Gasteiger partial charge in [0.2, 0.25) is 11.8 Å². The molecule has 3 heterocycles. The van der Waals surface area contributed by atoms with E-state index in [0.717, 1.165) is 44.2 Å².